The van der Waals surface area contributed by atoms with E-state index in [4.69, 9.17) is 17.3 Å². The second-order valence-corrected chi connectivity index (χ2v) is 8.60. The summed E-state index contributed by atoms with van der Waals surface area (Å²) in [5.74, 6) is -0.438. The molecule has 0 aliphatic carbocycles. The molecule has 1 aliphatic heterocycles. The molecule has 22 heavy (non-hydrogen) atoms. The van der Waals surface area contributed by atoms with Crippen LogP contribution in [0.15, 0.2) is 17.0 Å². The van der Waals surface area contributed by atoms with Crippen LogP contribution in [0.1, 0.15) is 33.1 Å². The number of halogens is 1. The number of rotatable bonds is 3. The van der Waals surface area contributed by atoms with Gasteiger partial charge < -0.3 is 15.7 Å². The first kappa shape index (κ1) is 17.4. The van der Waals surface area contributed by atoms with E-state index >= 15 is 0 Å². The summed E-state index contributed by atoms with van der Waals surface area (Å²) in [7, 11) is -1.71. The Morgan fingerprint density at radius 2 is 2.05 bits per heavy atom. The lowest BCUT2D eigenvalue weighted by Crippen LogP contribution is -2.49. The first-order chi connectivity index (χ1) is 10.2. The highest BCUT2D eigenvalue weighted by Gasteiger charge is 2.40. The second kappa shape index (κ2) is 6.26. The van der Waals surface area contributed by atoms with Crippen molar-refractivity contribution in [2.75, 3.05) is 12.8 Å². The maximum absolute atomic E-state index is 13.0. The average Bonchev–Trinajstić information content (AvgIpc) is 2.45. The van der Waals surface area contributed by atoms with Gasteiger partial charge in [-0.1, -0.05) is 18.5 Å². The molecule has 0 unspecified atom stereocenters. The maximum Gasteiger partial charge on any atom is 0.186 e. The molecule has 1 saturated heterocycles. The van der Waals surface area contributed by atoms with E-state index in [9.17, 15) is 13.5 Å². The molecule has 1 aromatic carbocycles. The minimum atomic E-state index is -3.73. The SMILES string of the molecule is CC[C@H]1C[C@H](S(=O)(=O)c2c(Cl)ccc(N)c2O)C[C@@H](C)N1C. The first-order valence-corrected chi connectivity index (χ1v) is 9.35. The molecule has 0 saturated carbocycles. The Balaban J connectivity index is 2.46. The fourth-order valence-electron chi connectivity index (χ4n) is 3.18. The molecule has 124 valence electrons. The van der Waals surface area contributed by atoms with E-state index in [1.54, 1.807) is 0 Å². The van der Waals surface area contributed by atoms with Gasteiger partial charge >= 0.3 is 0 Å². The molecule has 0 spiro atoms. The summed E-state index contributed by atoms with van der Waals surface area (Å²) in [6.07, 6.45) is 1.92. The summed E-state index contributed by atoms with van der Waals surface area (Å²) in [5, 5.41) is 9.55. The summed E-state index contributed by atoms with van der Waals surface area (Å²) in [4.78, 5) is 1.98. The molecule has 2 rings (SSSR count). The zero-order chi connectivity index (χ0) is 16.7. The molecule has 0 bridgehead atoms. The van der Waals surface area contributed by atoms with Gasteiger partial charge in [0.05, 0.1) is 16.0 Å². The number of hydrogen-bond donors (Lipinski definition) is 2. The summed E-state index contributed by atoms with van der Waals surface area (Å²) < 4.78 is 26.0. The number of nitrogens with two attached hydrogens (primary N) is 1. The fraction of sp³-hybridized carbons (Fsp3) is 0.600. The van der Waals surface area contributed by atoms with E-state index in [0.29, 0.717) is 12.8 Å². The highest BCUT2D eigenvalue weighted by molar-refractivity contribution is 7.92. The lowest BCUT2D eigenvalue weighted by atomic mass is 9.95. The Hall–Kier alpha value is -0.980. The van der Waals surface area contributed by atoms with Crippen molar-refractivity contribution in [3.8, 4) is 5.75 Å². The Bertz CT molecular complexity index is 663. The molecule has 1 aromatic rings. The smallest absolute Gasteiger partial charge is 0.186 e. The van der Waals surface area contributed by atoms with E-state index in [1.165, 1.54) is 12.1 Å². The summed E-state index contributed by atoms with van der Waals surface area (Å²) in [6, 6.07) is 3.17. The van der Waals surface area contributed by atoms with Gasteiger partial charge in [0.15, 0.2) is 15.6 Å². The summed E-state index contributed by atoms with van der Waals surface area (Å²) in [6.45, 7) is 4.07. The zero-order valence-electron chi connectivity index (χ0n) is 13.1. The molecule has 5 nitrogen and oxygen atoms in total. The Kier molecular flexibility index (Phi) is 4.94. The van der Waals surface area contributed by atoms with Crippen LogP contribution in [-0.2, 0) is 9.84 Å². The van der Waals surface area contributed by atoms with E-state index in [0.717, 1.165) is 6.42 Å². The number of hydrogen-bond acceptors (Lipinski definition) is 5. The quantitative estimate of drug-likeness (QED) is 0.649. The van der Waals surface area contributed by atoms with Crippen LogP contribution in [0.25, 0.3) is 0 Å². The molecular weight excluding hydrogens is 324 g/mol. The minimum Gasteiger partial charge on any atom is -0.504 e. The highest BCUT2D eigenvalue weighted by Crippen LogP contribution is 2.40. The third-order valence-corrected chi connectivity index (χ3v) is 7.39. The van der Waals surface area contributed by atoms with Gasteiger partial charge in [-0.2, -0.15) is 0 Å². The summed E-state index contributed by atoms with van der Waals surface area (Å²) in [5.41, 5.74) is 5.66. The van der Waals surface area contributed by atoms with Crippen LogP contribution < -0.4 is 5.73 Å². The van der Waals surface area contributed by atoms with Crippen LogP contribution in [0.5, 0.6) is 5.75 Å². The van der Waals surface area contributed by atoms with Crippen molar-refractivity contribution in [3.05, 3.63) is 17.2 Å². The number of benzene rings is 1. The van der Waals surface area contributed by atoms with Gasteiger partial charge in [0.2, 0.25) is 0 Å². The Labute approximate surface area is 137 Å². The topological polar surface area (TPSA) is 83.6 Å². The highest BCUT2D eigenvalue weighted by atomic mass is 35.5. The molecule has 1 fully saturated rings. The lowest BCUT2D eigenvalue weighted by molar-refractivity contribution is 0.124. The predicted octanol–water partition coefficient (Wildman–Crippen LogP) is 2.66. The van der Waals surface area contributed by atoms with E-state index in [-0.39, 0.29) is 27.7 Å². The minimum absolute atomic E-state index is 0.0197. The van der Waals surface area contributed by atoms with Crippen molar-refractivity contribution in [1.82, 2.24) is 4.90 Å². The van der Waals surface area contributed by atoms with Gasteiger partial charge in [0.1, 0.15) is 4.90 Å². The molecule has 0 radical (unpaired) electrons. The molecule has 0 aromatic heterocycles. The third-order valence-electron chi connectivity index (χ3n) is 4.72. The van der Waals surface area contributed by atoms with Crippen molar-refractivity contribution in [2.45, 2.75) is 55.3 Å². The number of piperidine rings is 1. The molecule has 1 heterocycles. The fourth-order valence-corrected chi connectivity index (χ4v) is 5.72. The van der Waals surface area contributed by atoms with Gasteiger partial charge in [-0.3, -0.25) is 0 Å². The van der Waals surface area contributed by atoms with Gasteiger partial charge in [-0.05, 0) is 45.4 Å². The number of aromatic hydroxyl groups is 1. The van der Waals surface area contributed by atoms with Crippen LogP contribution in [0.4, 0.5) is 5.69 Å². The normalized spacial score (nSPS) is 27.0. The molecule has 1 aliphatic rings. The number of nitrogen functional groups attached to an aromatic ring is 1. The van der Waals surface area contributed by atoms with Crippen molar-refractivity contribution in [3.63, 3.8) is 0 Å². The van der Waals surface area contributed by atoms with Gasteiger partial charge in [0.25, 0.3) is 0 Å². The Morgan fingerprint density at radius 3 is 2.64 bits per heavy atom. The molecule has 3 N–H and O–H groups in total. The van der Waals surface area contributed by atoms with Crippen molar-refractivity contribution >= 4 is 27.1 Å². The molecule has 7 heteroatoms. The van der Waals surface area contributed by atoms with Crippen molar-refractivity contribution in [1.29, 1.82) is 0 Å². The van der Waals surface area contributed by atoms with Crippen LogP contribution in [0, 0.1) is 0 Å². The summed E-state index contributed by atoms with van der Waals surface area (Å²) >= 11 is 6.04. The number of sulfone groups is 1. The zero-order valence-corrected chi connectivity index (χ0v) is 14.7. The third kappa shape index (κ3) is 2.92. The number of likely N-dealkylation sites (tertiary alicyclic amines) is 1. The molecule has 0 amide bonds. The van der Waals surface area contributed by atoms with Gasteiger partial charge in [0, 0.05) is 12.1 Å². The predicted molar refractivity (Wildman–Crippen MR) is 89.0 cm³/mol. The largest absolute Gasteiger partial charge is 0.504 e. The van der Waals surface area contributed by atoms with E-state index < -0.39 is 20.8 Å². The van der Waals surface area contributed by atoms with Crippen LogP contribution in [0.2, 0.25) is 5.02 Å². The molecular formula is C15H23ClN2O3S. The average molecular weight is 347 g/mol. The van der Waals surface area contributed by atoms with Gasteiger partial charge in [-0.25, -0.2) is 8.42 Å². The number of phenolic OH excluding ortho intramolecular Hbond substituents is 1. The maximum atomic E-state index is 13.0. The monoisotopic (exact) mass is 346 g/mol. The van der Waals surface area contributed by atoms with Crippen LogP contribution in [-0.4, -0.2) is 42.8 Å². The van der Waals surface area contributed by atoms with Crippen molar-refractivity contribution in [2.24, 2.45) is 0 Å². The second-order valence-electron chi connectivity index (χ2n) is 6.03. The number of anilines is 1. The molecule has 3 atom stereocenters. The van der Waals surface area contributed by atoms with Crippen molar-refractivity contribution < 1.29 is 13.5 Å². The lowest BCUT2D eigenvalue weighted by Gasteiger charge is -2.41. The van der Waals surface area contributed by atoms with Gasteiger partial charge in [-0.15, -0.1) is 0 Å². The van der Waals surface area contributed by atoms with Crippen LogP contribution in [0.3, 0.4) is 0 Å². The number of phenols is 1. The van der Waals surface area contributed by atoms with E-state index in [1.807, 2.05) is 20.9 Å². The van der Waals surface area contributed by atoms with Crippen LogP contribution >= 0.6 is 11.6 Å². The first-order valence-electron chi connectivity index (χ1n) is 7.42. The Morgan fingerprint density at radius 1 is 1.41 bits per heavy atom. The van der Waals surface area contributed by atoms with E-state index in [2.05, 4.69) is 4.90 Å². The number of nitrogens with zero attached hydrogens (tertiary/aromatic N) is 1. The standard InChI is InChI=1S/C15H23ClN2O3S/c1-4-10-8-11(7-9(2)18(10)3)22(20,21)15-12(16)5-6-13(17)14(15)19/h5-6,9-11,19H,4,7-8,17H2,1-3H3/t9-,10+,11-/m1/s1.